The molecule has 1 aromatic heterocycles. The van der Waals surface area contributed by atoms with E-state index >= 15 is 0 Å². The maximum atomic E-state index is 9.80. The Morgan fingerprint density at radius 3 is 2.71 bits per heavy atom. The van der Waals surface area contributed by atoms with Crippen molar-refractivity contribution >= 4 is 5.82 Å². The number of aryl methyl sites for hydroxylation is 1. The normalized spacial score (nSPS) is 10.2. The van der Waals surface area contributed by atoms with Gasteiger partial charge in [0.25, 0.3) is 5.82 Å². The molecule has 5 heteroatoms. The molecule has 0 atom stereocenters. The van der Waals surface area contributed by atoms with Crippen LogP contribution in [0.5, 0.6) is 11.5 Å². The van der Waals surface area contributed by atoms with Crippen molar-refractivity contribution in [2.45, 2.75) is 20.8 Å². The smallest absolute Gasteiger partial charge is 0.289 e. The minimum Gasteiger partial charge on any atom is -0.504 e. The molecule has 0 aliphatic rings. The van der Waals surface area contributed by atoms with Crippen LogP contribution in [0.15, 0.2) is 18.2 Å². The maximum Gasteiger partial charge on any atom is 0.289 e. The van der Waals surface area contributed by atoms with Crippen LogP contribution in [-0.2, 0) is 0 Å². The molecule has 0 aliphatic carbocycles. The van der Waals surface area contributed by atoms with Crippen molar-refractivity contribution in [3.05, 3.63) is 35.0 Å². The molecule has 0 unspecified atom stereocenters. The number of aromatic nitrogens is 1. The number of benzene rings is 1. The zero-order valence-corrected chi connectivity index (χ0v) is 12.3. The predicted octanol–water partition coefficient (Wildman–Crippen LogP) is 2.34. The molecule has 5 nitrogen and oxygen atoms in total. The summed E-state index contributed by atoms with van der Waals surface area (Å²) in [6.45, 7) is 6.12. The molecule has 21 heavy (non-hydrogen) atoms. The number of phenols is 1. The van der Waals surface area contributed by atoms with Crippen LogP contribution in [0, 0.1) is 25.2 Å². The van der Waals surface area contributed by atoms with Gasteiger partial charge in [0, 0.05) is 11.1 Å². The first-order chi connectivity index (χ1) is 9.99. The Hall–Kier alpha value is -2.74. The first-order valence-electron chi connectivity index (χ1n) is 6.67. The fourth-order valence-electron chi connectivity index (χ4n) is 2.29. The van der Waals surface area contributed by atoms with Crippen LogP contribution in [0.25, 0.3) is 11.1 Å². The third kappa shape index (κ3) is 2.61. The van der Waals surface area contributed by atoms with Gasteiger partial charge >= 0.3 is 0 Å². The number of aromatic amines is 1. The van der Waals surface area contributed by atoms with Gasteiger partial charge in [0.1, 0.15) is 17.3 Å². The van der Waals surface area contributed by atoms with Crippen molar-refractivity contribution in [3.8, 4) is 28.7 Å². The first kappa shape index (κ1) is 14.7. The van der Waals surface area contributed by atoms with Crippen molar-refractivity contribution in [1.29, 1.82) is 5.26 Å². The Labute approximate surface area is 123 Å². The lowest BCUT2D eigenvalue weighted by molar-refractivity contribution is -0.370. The lowest BCUT2D eigenvalue weighted by Crippen LogP contribution is -2.18. The van der Waals surface area contributed by atoms with Crippen LogP contribution in [0.2, 0.25) is 0 Å². The first-order valence-corrected chi connectivity index (χ1v) is 6.67. The van der Waals surface area contributed by atoms with Crippen LogP contribution in [-0.4, -0.2) is 11.7 Å². The van der Waals surface area contributed by atoms with Gasteiger partial charge < -0.3 is 9.84 Å². The van der Waals surface area contributed by atoms with Crippen molar-refractivity contribution in [2.75, 3.05) is 12.3 Å². The van der Waals surface area contributed by atoms with Gasteiger partial charge in [-0.3, -0.25) is 5.73 Å². The number of anilines is 1. The van der Waals surface area contributed by atoms with Crippen LogP contribution in [0.3, 0.4) is 0 Å². The zero-order valence-electron chi connectivity index (χ0n) is 12.3. The number of aromatic hydroxyl groups is 1. The Bertz CT molecular complexity index is 733. The van der Waals surface area contributed by atoms with E-state index in [1.54, 1.807) is 18.2 Å². The quantitative estimate of drug-likeness (QED) is 0.904. The summed E-state index contributed by atoms with van der Waals surface area (Å²) in [5.74, 6) is 0.799. The minimum atomic E-state index is 0.0731. The molecule has 0 fully saturated rings. The number of nitrogen functional groups attached to an aromatic ring is 1. The molecule has 0 bridgehead atoms. The minimum absolute atomic E-state index is 0.0731. The van der Waals surface area contributed by atoms with E-state index in [-0.39, 0.29) is 5.75 Å². The van der Waals surface area contributed by atoms with E-state index in [0.717, 1.165) is 22.4 Å². The summed E-state index contributed by atoms with van der Waals surface area (Å²) in [5.41, 5.74) is 9.68. The van der Waals surface area contributed by atoms with E-state index in [1.807, 2.05) is 20.8 Å². The highest BCUT2D eigenvalue weighted by Gasteiger charge is 2.19. The second-order valence-electron chi connectivity index (χ2n) is 4.77. The van der Waals surface area contributed by atoms with E-state index in [2.05, 4.69) is 11.1 Å². The van der Waals surface area contributed by atoms with Crippen LogP contribution in [0.4, 0.5) is 5.82 Å². The van der Waals surface area contributed by atoms with Gasteiger partial charge in [-0.15, -0.1) is 0 Å². The summed E-state index contributed by atoms with van der Waals surface area (Å²) >= 11 is 0. The van der Waals surface area contributed by atoms with Crippen molar-refractivity contribution in [3.63, 3.8) is 0 Å². The van der Waals surface area contributed by atoms with Gasteiger partial charge in [-0.1, -0.05) is 6.07 Å². The van der Waals surface area contributed by atoms with Crippen LogP contribution >= 0.6 is 0 Å². The molecule has 1 heterocycles. The van der Waals surface area contributed by atoms with E-state index in [1.165, 1.54) is 0 Å². The highest BCUT2D eigenvalue weighted by Crippen LogP contribution is 2.35. The topological polar surface area (TPSA) is 93.4 Å². The summed E-state index contributed by atoms with van der Waals surface area (Å²) in [6, 6.07) is 7.17. The molecule has 0 saturated carbocycles. The van der Waals surface area contributed by atoms with Crippen LogP contribution < -0.4 is 15.5 Å². The molecule has 0 amide bonds. The fourth-order valence-corrected chi connectivity index (χ4v) is 2.29. The van der Waals surface area contributed by atoms with Gasteiger partial charge in [0.05, 0.1) is 6.61 Å². The largest absolute Gasteiger partial charge is 0.504 e. The van der Waals surface area contributed by atoms with Crippen molar-refractivity contribution < 1.29 is 14.8 Å². The Kier molecular flexibility index (Phi) is 3.99. The molecule has 4 N–H and O–H groups in total. The number of phenolic OH excluding ortho intramolecular Hbond substituents is 1. The Balaban J connectivity index is 2.73. The summed E-state index contributed by atoms with van der Waals surface area (Å²) in [4.78, 5) is 2.99. The zero-order chi connectivity index (χ0) is 15.6. The number of nitrogens with two attached hydrogens (primary N) is 1. The number of nitrogens with one attached hydrogen (secondary N) is 1. The van der Waals surface area contributed by atoms with Crippen molar-refractivity contribution in [2.24, 2.45) is 0 Å². The molecule has 0 radical (unpaired) electrons. The molecular formula is C16H18N3O2+. The number of ether oxygens (including phenoxy) is 1. The molecule has 0 saturated heterocycles. The second kappa shape index (κ2) is 5.71. The second-order valence-corrected chi connectivity index (χ2v) is 4.77. The summed E-state index contributed by atoms with van der Waals surface area (Å²) in [7, 11) is 0. The summed E-state index contributed by atoms with van der Waals surface area (Å²) in [5, 5.41) is 19.2. The molecule has 0 spiro atoms. The third-order valence-corrected chi connectivity index (χ3v) is 3.44. The molecular weight excluding hydrogens is 266 g/mol. The SMILES string of the molecule is CCOc1cc(-c2c(C)c(C)[nH+]c(N)c2C#N)ccc1O. The lowest BCUT2D eigenvalue weighted by Gasteiger charge is -2.12. The summed E-state index contributed by atoms with van der Waals surface area (Å²) < 4.78 is 5.40. The predicted molar refractivity (Wildman–Crippen MR) is 79.9 cm³/mol. The number of rotatable bonds is 3. The average Bonchev–Trinajstić information content (AvgIpc) is 2.45. The molecule has 0 aliphatic heterocycles. The Morgan fingerprint density at radius 1 is 1.38 bits per heavy atom. The number of H-pyrrole nitrogens is 1. The number of hydrogen-bond acceptors (Lipinski definition) is 4. The lowest BCUT2D eigenvalue weighted by atomic mass is 9.95. The maximum absolute atomic E-state index is 9.80. The molecule has 2 rings (SSSR count). The van der Waals surface area contributed by atoms with Crippen LogP contribution in [0.1, 0.15) is 23.7 Å². The monoisotopic (exact) mass is 284 g/mol. The van der Waals surface area contributed by atoms with Gasteiger partial charge in [-0.05, 0) is 38.5 Å². The van der Waals surface area contributed by atoms with Gasteiger partial charge in [0.15, 0.2) is 11.5 Å². The number of pyridine rings is 1. The molecule has 108 valence electrons. The van der Waals surface area contributed by atoms with E-state index in [0.29, 0.717) is 23.7 Å². The molecule has 2 aromatic rings. The van der Waals surface area contributed by atoms with Gasteiger partial charge in [-0.2, -0.15) is 5.26 Å². The van der Waals surface area contributed by atoms with Crippen molar-refractivity contribution in [1.82, 2.24) is 0 Å². The standard InChI is InChI=1S/C16H17N3O2/c1-4-21-14-7-11(5-6-13(14)20)15-9(2)10(3)19-16(18)12(15)8-17/h5-7,20H,4H2,1-3H3,(H2,18,19)/p+1. The highest BCUT2D eigenvalue weighted by atomic mass is 16.5. The number of nitriles is 1. The van der Waals surface area contributed by atoms with Gasteiger partial charge in [-0.25, -0.2) is 4.98 Å². The van der Waals surface area contributed by atoms with E-state index < -0.39 is 0 Å². The Morgan fingerprint density at radius 2 is 2.10 bits per heavy atom. The summed E-state index contributed by atoms with van der Waals surface area (Å²) in [6.07, 6.45) is 0. The van der Waals surface area contributed by atoms with Gasteiger partial charge in [0.2, 0.25) is 0 Å². The van der Waals surface area contributed by atoms with E-state index in [4.69, 9.17) is 10.5 Å². The number of nitrogens with zero attached hydrogens (tertiary/aromatic N) is 1. The molecule has 1 aromatic carbocycles. The third-order valence-electron chi connectivity index (χ3n) is 3.44. The highest BCUT2D eigenvalue weighted by molar-refractivity contribution is 5.78. The van der Waals surface area contributed by atoms with E-state index in [9.17, 15) is 10.4 Å². The average molecular weight is 284 g/mol. The number of hydrogen-bond donors (Lipinski definition) is 2. The fraction of sp³-hybridized carbons (Fsp3) is 0.250.